The Kier molecular flexibility index (Phi) is 7.58. The molecule has 28 heavy (non-hydrogen) atoms. The molecule has 0 atom stereocenters. The van der Waals surface area contributed by atoms with E-state index in [4.69, 9.17) is 0 Å². The minimum absolute atomic E-state index is 0.315. The second kappa shape index (κ2) is 10.1. The first-order valence-electron chi connectivity index (χ1n) is 10.8. The number of rotatable bonds is 8. The van der Waals surface area contributed by atoms with Crippen LogP contribution in [0.4, 0.5) is 13.2 Å². The van der Waals surface area contributed by atoms with E-state index in [1.165, 1.54) is 57.4 Å². The number of aryl methyl sites for hydroxylation is 1. The summed E-state index contributed by atoms with van der Waals surface area (Å²) >= 11 is 0. The fourth-order valence-electron chi connectivity index (χ4n) is 4.47. The average Bonchev–Trinajstić information content (AvgIpc) is 2.70. The van der Waals surface area contributed by atoms with E-state index in [9.17, 15) is 13.2 Å². The maximum atomic E-state index is 14.5. The molecule has 2 aromatic carbocycles. The fraction of sp³-hybridized carbons (Fsp3) is 0.520. The highest BCUT2D eigenvalue weighted by Gasteiger charge is 2.20. The molecule has 0 spiro atoms. The lowest BCUT2D eigenvalue weighted by Gasteiger charge is -2.28. The Balaban J connectivity index is 1.51. The van der Waals surface area contributed by atoms with Crippen LogP contribution < -0.4 is 0 Å². The van der Waals surface area contributed by atoms with Gasteiger partial charge in [0, 0.05) is 5.56 Å². The van der Waals surface area contributed by atoms with Crippen molar-refractivity contribution in [2.45, 2.75) is 71.1 Å². The van der Waals surface area contributed by atoms with Crippen LogP contribution in [-0.2, 0) is 6.42 Å². The van der Waals surface area contributed by atoms with Gasteiger partial charge in [-0.25, -0.2) is 13.2 Å². The molecule has 0 aromatic heterocycles. The molecule has 0 aliphatic heterocycles. The second-order valence-electron chi connectivity index (χ2n) is 8.36. The van der Waals surface area contributed by atoms with Crippen LogP contribution in [0.15, 0.2) is 36.4 Å². The molecule has 0 heterocycles. The van der Waals surface area contributed by atoms with Gasteiger partial charge in [-0.2, -0.15) is 0 Å². The molecule has 0 nitrogen and oxygen atoms in total. The van der Waals surface area contributed by atoms with E-state index in [0.717, 1.165) is 42.4 Å². The van der Waals surface area contributed by atoms with E-state index >= 15 is 0 Å². The predicted octanol–water partition coefficient (Wildman–Crippen LogP) is 8.09. The van der Waals surface area contributed by atoms with Crippen molar-refractivity contribution in [1.29, 1.82) is 0 Å². The van der Waals surface area contributed by atoms with Crippen molar-refractivity contribution < 1.29 is 13.2 Å². The molecule has 0 radical (unpaired) electrons. The molecule has 1 fully saturated rings. The third-order valence-electron chi connectivity index (χ3n) is 6.29. The molecule has 0 amide bonds. The lowest BCUT2D eigenvalue weighted by Crippen LogP contribution is -2.15. The lowest BCUT2D eigenvalue weighted by molar-refractivity contribution is 0.249. The summed E-state index contributed by atoms with van der Waals surface area (Å²) in [5, 5.41) is 0. The highest BCUT2D eigenvalue weighted by molar-refractivity contribution is 5.64. The van der Waals surface area contributed by atoms with Crippen LogP contribution in [0.3, 0.4) is 0 Å². The van der Waals surface area contributed by atoms with Crippen LogP contribution in [0.25, 0.3) is 11.1 Å². The van der Waals surface area contributed by atoms with Crippen LogP contribution >= 0.6 is 0 Å². The Morgan fingerprint density at radius 2 is 1.46 bits per heavy atom. The molecule has 0 bridgehead atoms. The highest BCUT2D eigenvalue weighted by Crippen LogP contribution is 2.34. The standard InChI is InChI=1S/C25H31F3/c1-2-3-4-5-18-6-8-19(9-7-18)10-11-20-12-14-22(24(27)16-20)21-13-15-23(26)25(28)17-21/h12-19H,2-11H2,1H3. The van der Waals surface area contributed by atoms with Gasteiger partial charge in [0.15, 0.2) is 11.6 Å². The third-order valence-corrected chi connectivity index (χ3v) is 6.29. The first-order valence-corrected chi connectivity index (χ1v) is 10.8. The number of halogens is 3. The monoisotopic (exact) mass is 388 g/mol. The molecule has 2 aromatic rings. The van der Waals surface area contributed by atoms with Crippen molar-refractivity contribution in [1.82, 2.24) is 0 Å². The molecule has 3 heteroatoms. The number of hydrogen-bond donors (Lipinski definition) is 0. The topological polar surface area (TPSA) is 0 Å². The molecule has 1 aliphatic carbocycles. The number of unbranched alkanes of at least 4 members (excludes halogenated alkanes) is 2. The Labute approximate surface area is 167 Å². The average molecular weight is 389 g/mol. The zero-order valence-corrected chi connectivity index (χ0v) is 16.8. The second-order valence-corrected chi connectivity index (χ2v) is 8.36. The molecule has 0 saturated heterocycles. The Bertz CT molecular complexity index is 760. The van der Waals surface area contributed by atoms with E-state index < -0.39 is 11.6 Å². The predicted molar refractivity (Wildman–Crippen MR) is 110 cm³/mol. The van der Waals surface area contributed by atoms with E-state index in [0.29, 0.717) is 11.1 Å². The summed E-state index contributed by atoms with van der Waals surface area (Å²) in [6.07, 6.45) is 12.7. The smallest absolute Gasteiger partial charge is 0.159 e. The van der Waals surface area contributed by atoms with Crippen LogP contribution in [0.5, 0.6) is 0 Å². The minimum atomic E-state index is -0.953. The van der Waals surface area contributed by atoms with Gasteiger partial charge in [0.05, 0.1) is 0 Å². The van der Waals surface area contributed by atoms with E-state index in [1.54, 1.807) is 12.1 Å². The lowest BCUT2D eigenvalue weighted by atomic mass is 9.78. The molecule has 152 valence electrons. The summed E-state index contributed by atoms with van der Waals surface area (Å²) in [5.41, 5.74) is 1.66. The zero-order valence-electron chi connectivity index (χ0n) is 16.8. The maximum absolute atomic E-state index is 14.5. The SMILES string of the molecule is CCCCCC1CCC(CCc2ccc(-c3ccc(F)c(F)c3)c(F)c2)CC1. The zero-order chi connectivity index (χ0) is 19.9. The van der Waals surface area contributed by atoms with Crippen molar-refractivity contribution in [3.63, 3.8) is 0 Å². The minimum Gasteiger partial charge on any atom is -0.206 e. The molecular formula is C25H31F3. The molecule has 3 rings (SSSR count). The van der Waals surface area contributed by atoms with Crippen molar-refractivity contribution >= 4 is 0 Å². The van der Waals surface area contributed by atoms with Gasteiger partial charge in [-0.15, -0.1) is 0 Å². The van der Waals surface area contributed by atoms with Gasteiger partial charge in [-0.05, 0) is 54.0 Å². The summed E-state index contributed by atoms with van der Waals surface area (Å²) in [6, 6.07) is 8.64. The summed E-state index contributed by atoms with van der Waals surface area (Å²) in [5.74, 6) is -0.581. The van der Waals surface area contributed by atoms with Gasteiger partial charge in [-0.1, -0.05) is 76.5 Å². The molecule has 1 aliphatic rings. The summed E-state index contributed by atoms with van der Waals surface area (Å²) in [7, 11) is 0. The van der Waals surface area contributed by atoms with Gasteiger partial charge in [0.25, 0.3) is 0 Å². The fourth-order valence-corrected chi connectivity index (χ4v) is 4.47. The van der Waals surface area contributed by atoms with Gasteiger partial charge in [0.2, 0.25) is 0 Å². The van der Waals surface area contributed by atoms with Crippen molar-refractivity contribution in [2.24, 2.45) is 11.8 Å². The van der Waals surface area contributed by atoms with E-state index in [1.807, 2.05) is 6.07 Å². The molecule has 0 N–H and O–H groups in total. The van der Waals surface area contributed by atoms with Gasteiger partial charge >= 0.3 is 0 Å². The normalized spacial score (nSPS) is 19.7. The van der Waals surface area contributed by atoms with Crippen molar-refractivity contribution in [3.8, 4) is 11.1 Å². The molecule has 0 unspecified atom stereocenters. The Morgan fingerprint density at radius 3 is 2.11 bits per heavy atom. The molecule has 1 saturated carbocycles. The molecular weight excluding hydrogens is 357 g/mol. The highest BCUT2D eigenvalue weighted by atomic mass is 19.2. The van der Waals surface area contributed by atoms with Gasteiger partial charge in [-0.3, -0.25) is 0 Å². The van der Waals surface area contributed by atoms with Crippen molar-refractivity contribution in [2.75, 3.05) is 0 Å². The largest absolute Gasteiger partial charge is 0.206 e. The quantitative estimate of drug-likeness (QED) is 0.401. The number of benzene rings is 2. The van der Waals surface area contributed by atoms with Crippen molar-refractivity contribution in [3.05, 3.63) is 59.4 Å². The van der Waals surface area contributed by atoms with Crippen LogP contribution in [0.2, 0.25) is 0 Å². The maximum Gasteiger partial charge on any atom is 0.159 e. The van der Waals surface area contributed by atoms with E-state index in [2.05, 4.69) is 6.92 Å². The summed E-state index contributed by atoms with van der Waals surface area (Å²) in [4.78, 5) is 0. The van der Waals surface area contributed by atoms with Gasteiger partial charge < -0.3 is 0 Å². The van der Waals surface area contributed by atoms with Gasteiger partial charge in [0.1, 0.15) is 5.82 Å². The van der Waals surface area contributed by atoms with Crippen LogP contribution in [-0.4, -0.2) is 0 Å². The Morgan fingerprint density at radius 1 is 0.750 bits per heavy atom. The summed E-state index contributed by atoms with van der Waals surface area (Å²) < 4.78 is 41.0. The first kappa shape index (κ1) is 21.0. The summed E-state index contributed by atoms with van der Waals surface area (Å²) in [6.45, 7) is 2.25. The Hall–Kier alpha value is -1.77. The first-order chi connectivity index (χ1) is 13.6. The number of hydrogen-bond acceptors (Lipinski definition) is 0. The van der Waals surface area contributed by atoms with Crippen LogP contribution in [0.1, 0.15) is 70.3 Å². The van der Waals surface area contributed by atoms with Crippen LogP contribution in [0, 0.1) is 29.3 Å². The third kappa shape index (κ3) is 5.62. The van der Waals surface area contributed by atoms with E-state index in [-0.39, 0.29) is 5.82 Å².